The van der Waals surface area contributed by atoms with Crippen molar-refractivity contribution in [1.82, 2.24) is 5.32 Å². The number of anilines is 1. The number of phenols is 1. The number of carbonyl (C=O) groups is 5. The highest BCUT2D eigenvalue weighted by Crippen LogP contribution is 2.32. The molecule has 0 saturated carbocycles. The van der Waals surface area contributed by atoms with Gasteiger partial charge in [0.05, 0.1) is 23.1 Å². The maximum Gasteiger partial charge on any atom is 0.329 e. The third-order valence-electron chi connectivity index (χ3n) is 7.19. The molecule has 1 heterocycles. The third kappa shape index (κ3) is 8.00. The molecule has 0 spiro atoms. The van der Waals surface area contributed by atoms with Crippen molar-refractivity contribution in [3.8, 4) is 5.75 Å². The number of phenolic OH excluding ortho intramolecular Hbond substituents is 1. The maximum atomic E-state index is 14.1. The molecule has 0 aliphatic carbocycles. The molecule has 0 radical (unpaired) electrons. The van der Waals surface area contributed by atoms with Crippen LogP contribution in [0.25, 0.3) is 0 Å². The number of esters is 2. The van der Waals surface area contributed by atoms with E-state index >= 15 is 0 Å². The number of rotatable bonds is 12. The monoisotopic (exact) mass is 550 g/mol. The Bertz CT molecular complexity index is 1060. The fraction of sp³-hybridized carbons (Fsp3) is 0.607. The number of carbonyl (C=O) groups excluding carboxylic acids is 5. The SMILES string of the molecule is CCCCCC[C@H]1C(=O)[C@H](C)[C@H](NC(=O)c2cc(F)cc(NC=O)c2O)C(=O)O[C@@H](C)[C@@H]1OC(=O)C(C)CC. The first-order chi connectivity index (χ1) is 18.5. The Balaban J connectivity index is 2.39. The van der Waals surface area contributed by atoms with Gasteiger partial charge in [0.2, 0.25) is 6.41 Å². The molecule has 11 heteroatoms. The molecule has 1 fully saturated rings. The Labute approximate surface area is 228 Å². The largest absolute Gasteiger partial charge is 0.505 e. The van der Waals surface area contributed by atoms with Crippen molar-refractivity contribution >= 4 is 35.7 Å². The average Bonchev–Trinajstić information content (AvgIpc) is 2.90. The molecule has 3 N–H and O–H groups in total. The number of ether oxygens (including phenoxy) is 2. The highest BCUT2D eigenvalue weighted by molar-refractivity contribution is 6.02. The van der Waals surface area contributed by atoms with Crippen LogP contribution in [0.3, 0.4) is 0 Å². The van der Waals surface area contributed by atoms with Crippen LogP contribution in [-0.2, 0) is 28.7 Å². The molecule has 216 valence electrons. The van der Waals surface area contributed by atoms with E-state index in [1.165, 1.54) is 13.8 Å². The van der Waals surface area contributed by atoms with E-state index in [4.69, 9.17) is 9.47 Å². The number of halogens is 1. The number of hydrogen-bond acceptors (Lipinski definition) is 8. The smallest absolute Gasteiger partial charge is 0.329 e. The topological polar surface area (TPSA) is 148 Å². The summed E-state index contributed by atoms with van der Waals surface area (Å²) in [6, 6.07) is 0.106. The van der Waals surface area contributed by atoms with Crippen LogP contribution in [0.4, 0.5) is 10.1 Å². The number of aromatic hydroxyl groups is 1. The molecule has 10 nitrogen and oxygen atoms in total. The minimum atomic E-state index is -1.46. The molecule has 1 aliphatic rings. The van der Waals surface area contributed by atoms with Gasteiger partial charge in [-0.3, -0.25) is 19.2 Å². The summed E-state index contributed by atoms with van der Waals surface area (Å²) >= 11 is 0. The summed E-state index contributed by atoms with van der Waals surface area (Å²) in [6.07, 6.45) is 2.68. The summed E-state index contributed by atoms with van der Waals surface area (Å²) in [5.41, 5.74) is -0.885. The molecule has 2 rings (SSSR count). The van der Waals surface area contributed by atoms with Crippen LogP contribution in [0.1, 0.15) is 83.5 Å². The lowest BCUT2D eigenvalue weighted by Gasteiger charge is -2.37. The molecule has 1 aromatic carbocycles. The maximum absolute atomic E-state index is 14.1. The normalized spacial score (nSPS) is 24.1. The van der Waals surface area contributed by atoms with Crippen LogP contribution in [0.5, 0.6) is 5.75 Å². The second-order valence-corrected chi connectivity index (χ2v) is 10.1. The number of nitrogens with one attached hydrogen (secondary N) is 2. The molecule has 39 heavy (non-hydrogen) atoms. The second-order valence-electron chi connectivity index (χ2n) is 10.1. The van der Waals surface area contributed by atoms with Gasteiger partial charge in [0.1, 0.15) is 29.9 Å². The van der Waals surface area contributed by atoms with Crippen molar-refractivity contribution in [1.29, 1.82) is 0 Å². The first kappa shape index (κ1) is 31.7. The number of ketones is 1. The Kier molecular flexibility index (Phi) is 11.9. The van der Waals surface area contributed by atoms with Crippen LogP contribution < -0.4 is 10.6 Å². The molecule has 2 amide bonds. The number of cyclic esters (lactones) is 1. The van der Waals surface area contributed by atoms with E-state index < -0.39 is 71.0 Å². The van der Waals surface area contributed by atoms with E-state index in [2.05, 4.69) is 17.6 Å². The van der Waals surface area contributed by atoms with Crippen LogP contribution >= 0.6 is 0 Å². The minimum Gasteiger partial charge on any atom is -0.505 e. The standard InChI is InChI=1S/C28H39FN2O8/c1-6-8-9-10-11-19-23(33)16(4)22(28(37)38-17(5)25(19)39-27(36)15(3)7-2)31-26(35)20-12-18(29)13-21(24(20)34)30-14-32/h12-17,19,22,25,34H,6-11H2,1-5H3,(H,30,32)(H,31,35)/t15?,16-,17+,19+,22+,25+/m1/s1. The van der Waals surface area contributed by atoms with Gasteiger partial charge in [-0.1, -0.05) is 53.4 Å². The number of benzene rings is 1. The lowest BCUT2D eigenvalue weighted by Crippen LogP contribution is -2.56. The predicted octanol–water partition coefficient (Wildman–Crippen LogP) is 3.89. The number of hydrogen-bond donors (Lipinski definition) is 3. The lowest BCUT2D eigenvalue weighted by molar-refractivity contribution is -0.181. The summed E-state index contributed by atoms with van der Waals surface area (Å²) < 4.78 is 25.4. The molecule has 6 atom stereocenters. The number of unbranched alkanes of at least 4 members (excludes halogenated alkanes) is 3. The van der Waals surface area contributed by atoms with Gasteiger partial charge in [-0.2, -0.15) is 0 Å². The van der Waals surface area contributed by atoms with Crippen molar-refractivity contribution in [3.05, 3.63) is 23.5 Å². The van der Waals surface area contributed by atoms with Gasteiger partial charge in [-0.15, -0.1) is 0 Å². The van der Waals surface area contributed by atoms with Gasteiger partial charge >= 0.3 is 11.9 Å². The molecule has 1 aromatic rings. The zero-order valence-electron chi connectivity index (χ0n) is 23.1. The quantitative estimate of drug-likeness (QED) is 0.154. The van der Waals surface area contributed by atoms with Crippen molar-refractivity contribution in [3.63, 3.8) is 0 Å². The Morgan fingerprint density at radius 1 is 1.18 bits per heavy atom. The minimum absolute atomic E-state index is 0.204. The first-order valence-electron chi connectivity index (χ1n) is 13.4. The van der Waals surface area contributed by atoms with Gasteiger partial charge in [0.15, 0.2) is 5.75 Å². The van der Waals surface area contributed by atoms with E-state index in [-0.39, 0.29) is 17.9 Å². The molecule has 1 saturated heterocycles. The zero-order chi connectivity index (χ0) is 29.3. The van der Waals surface area contributed by atoms with Crippen molar-refractivity contribution < 1.29 is 42.9 Å². The Morgan fingerprint density at radius 3 is 2.49 bits per heavy atom. The van der Waals surface area contributed by atoms with E-state index in [1.807, 2.05) is 6.92 Å². The summed E-state index contributed by atoms with van der Waals surface area (Å²) in [5, 5.41) is 14.8. The van der Waals surface area contributed by atoms with Crippen LogP contribution in [0.2, 0.25) is 0 Å². The van der Waals surface area contributed by atoms with Gasteiger partial charge in [-0.05, 0) is 25.8 Å². The number of Topliss-reactive ketones (excluding diaryl/α,β-unsaturated/α-hetero) is 1. The van der Waals surface area contributed by atoms with Gasteiger partial charge in [0, 0.05) is 12.0 Å². The van der Waals surface area contributed by atoms with Crippen LogP contribution in [0, 0.1) is 23.6 Å². The molecule has 0 bridgehead atoms. The van der Waals surface area contributed by atoms with Crippen molar-refractivity contribution in [2.24, 2.45) is 17.8 Å². The molecule has 1 aliphatic heterocycles. The van der Waals surface area contributed by atoms with Gasteiger partial charge < -0.3 is 25.2 Å². The molecule has 1 unspecified atom stereocenters. The predicted molar refractivity (Wildman–Crippen MR) is 140 cm³/mol. The summed E-state index contributed by atoms with van der Waals surface area (Å²) in [7, 11) is 0. The van der Waals surface area contributed by atoms with Crippen molar-refractivity contribution in [2.75, 3.05) is 5.32 Å². The summed E-state index contributed by atoms with van der Waals surface area (Å²) in [4.78, 5) is 63.3. The van der Waals surface area contributed by atoms with E-state index in [1.54, 1.807) is 6.92 Å². The third-order valence-corrected chi connectivity index (χ3v) is 7.19. The number of amides is 2. The lowest BCUT2D eigenvalue weighted by atomic mass is 9.79. The highest BCUT2D eigenvalue weighted by atomic mass is 19.1. The zero-order valence-corrected chi connectivity index (χ0v) is 23.1. The molecular formula is C28H39FN2O8. The molecular weight excluding hydrogens is 511 g/mol. The van der Waals surface area contributed by atoms with Crippen LogP contribution in [0.15, 0.2) is 12.1 Å². The van der Waals surface area contributed by atoms with E-state index in [0.29, 0.717) is 19.3 Å². The Hall–Kier alpha value is -3.50. The van der Waals surface area contributed by atoms with Gasteiger partial charge in [0.25, 0.3) is 5.91 Å². The summed E-state index contributed by atoms with van der Waals surface area (Å²) in [6.45, 7) is 8.60. The van der Waals surface area contributed by atoms with Crippen LogP contribution in [-0.4, -0.2) is 53.4 Å². The highest BCUT2D eigenvalue weighted by Gasteiger charge is 2.46. The fourth-order valence-electron chi connectivity index (χ4n) is 4.56. The average molecular weight is 551 g/mol. The van der Waals surface area contributed by atoms with E-state index in [9.17, 15) is 33.5 Å². The fourth-order valence-corrected chi connectivity index (χ4v) is 4.56. The summed E-state index contributed by atoms with van der Waals surface area (Å²) in [5.74, 6) is -6.75. The first-order valence-corrected chi connectivity index (χ1v) is 13.4. The second kappa shape index (κ2) is 14.6. The Morgan fingerprint density at radius 2 is 1.87 bits per heavy atom. The van der Waals surface area contributed by atoms with E-state index in [0.717, 1.165) is 31.4 Å². The van der Waals surface area contributed by atoms with Crippen molar-refractivity contribution in [2.45, 2.75) is 91.4 Å². The molecule has 0 aromatic heterocycles. The van der Waals surface area contributed by atoms with Gasteiger partial charge in [-0.25, -0.2) is 9.18 Å².